The third-order valence-corrected chi connectivity index (χ3v) is 3.90. The highest BCUT2D eigenvalue weighted by Crippen LogP contribution is 2.26. The number of benzene rings is 2. The van der Waals surface area contributed by atoms with Crippen molar-refractivity contribution in [2.75, 3.05) is 5.32 Å². The minimum Gasteiger partial charge on any atom is -0.421 e. The van der Waals surface area contributed by atoms with E-state index in [0.717, 1.165) is 0 Å². The van der Waals surface area contributed by atoms with Crippen molar-refractivity contribution in [2.45, 2.75) is 12.8 Å². The van der Waals surface area contributed by atoms with Crippen molar-refractivity contribution in [1.29, 1.82) is 0 Å². The summed E-state index contributed by atoms with van der Waals surface area (Å²) in [5.41, 5.74) is 0.646. The van der Waals surface area contributed by atoms with Gasteiger partial charge < -0.3 is 9.73 Å². The topological polar surface area (TPSA) is 68.0 Å². The summed E-state index contributed by atoms with van der Waals surface area (Å²) in [6.45, 7) is 0. The van der Waals surface area contributed by atoms with Crippen molar-refractivity contribution in [1.82, 2.24) is 10.2 Å². The van der Waals surface area contributed by atoms with Crippen LogP contribution in [0.15, 0.2) is 46.9 Å². The number of rotatable bonds is 5. The first kappa shape index (κ1) is 17.4. The second kappa shape index (κ2) is 7.63. The van der Waals surface area contributed by atoms with Crippen LogP contribution < -0.4 is 5.32 Å². The number of carbonyl (C=O) groups excluding carboxylic acids is 1. The Hall–Kier alpha value is -2.44. The summed E-state index contributed by atoms with van der Waals surface area (Å²) in [4.78, 5) is 12.0. The van der Waals surface area contributed by atoms with E-state index < -0.39 is 5.82 Å². The maximum atomic E-state index is 13.7. The lowest BCUT2D eigenvalue weighted by molar-refractivity contribution is -0.116. The average molecular weight is 380 g/mol. The number of hydrogen-bond acceptors (Lipinski definition) is 4. The van der Waals surface area contributed by atoms with Crippen LogP contribution in [0.25, 0.3) is 11.5 Å². The Morgan fingerprint density at radius 2 is 1.96 bits per heavy atom. The molecule has 0 saturated heterocycles. The van der Waals surface area contributed by atoms with Gasteiger partial charge >= 0.3 is 0 Å². The molecule has 0 radical (unpaired) electrons. The van der Waals surface area contributed by atoms with Gasteiger partial charge in [-0.25, -0.2) is 4.39 Å². The minimum atomic E-state index is -0.453. The lowest BCUT2D eigenvalue weighted by atomic mass is 10.2. The van der Waals surface area contributed by atoms with Gasteiger partial charge in [0, 0.05) is 17.9 Å². The van der Waals surface area contributed by atoms with Gasteiger partial charge in [-0.15, -0.1) is 10.2 Å². The Morgan fingerprint density at radius 3 is 2.76 bits per heavy atom. The van der Waals surface area contributed by atoms with Crippen LogP contribution in [0.1, 0.15) is 12.3 Å². The first-order valence-corrected chi connectivity index (χ1v) is 8.10. The van der Waals surface area contributed by atoms with E-state index in [1.807, 2.05) is 0 Å². The second-order valence-electron chi connectivity index (χ2n) is 5.15. The van der Waals surface area contributed by atoms with Crippen molar-refractivity contribution >= 4 is 34.8 Å². The van der Waals surface area contributed by atoms with Gasteiger partial charge in [0.2, 0.25) is 11.8 Å². The molecule has 0 fully saturated rings. The molecule has 0 saturated carbocycles. The van der Waals surface area contributed by atoms with Crippen molar-refractivity contribution in [3.05, 3.63) is 64.2 Å². The fourth-order valence-corrected chi connectivity index (χ4v) is 2.46. The maximum Gasteiger partial charge on any atom is 0.250 e. The molecule has 0 bridgehead atoms. The van der Waals surface area contributed by atoms with Gasteiger partial charge in [0.05, 0.1) is 16.3 Å². The summed E-state index contributed by atoms with van der Waals surface area (Å²) in [6.07, 6.45) is 0.313. The van der Waals surface area contributed by atoms with Gasteiger partial charge in [-0.05, 0) is 30.3 Å². The number of aromatic nitrogens is 2. The Labute approximate surface area is 152 Å². The van der Waals surface area contributed by atoms with Crippen molar-refractivity contribution < 1.29 is 13.6 Å². The second-order valence-corrected chi connectivity index (χ2v) is 6.00. The standard InChI is InChI=1S/C17H12Cl2FN3O2/c18-10-5-6-12(19)14(9-10)21-15(24)7-8-16-22-23-17(25-16)11-3-1-2-4-13(11)20/h1-6,9H,7-8H2,(H,21,24). The summed E-state index contributed by atoms with van der Waals surface area (Å²) in [5.74, 6) is -0.419. The number of anilines is 1. The molecule has 1 N–H and O–H groups in total. The van der Waals surface area contributed by atoms with Crippen LogP contribution >= 0.6 is 23.2 Å². The van der Waals surface area contributed by atoms with Gasteiger partial charge in [0.1, 0.15) is 5.82 Å². The molecule has 0 unspecified atom stereocenters. The van der Waals surface area contributed by atoms with Crippen LogP contribution in [-0.4, -0.2) is 16.1 Å². The zero-order chi connectivity index (χ0) is 17.8. The lowest BCUT2D eigenvalue weighted by Gasteiger charge is -2.06. The summed E-state index contributed by atoms with van der Waals surface area (Å²) in [5, 5.41) is 11.2. The highest BCUT2D eigenvalue weighted by molar-refractivity contribution is 6.35. The van der Waals surface area contributed by atoms with Crippen LogP contribution in [0.4, 0.5) is 10.1 Å². The molecule has 8 heteroatoms. The van der Waals surface area contributed by atoms with E-state index >= 15 is 0 Å². The van der Waals surface area contributed by atoms with Gasteiger partial charge in [-0.1, -0.05) is 35.3 Å². The third-order valence-electron chi connectivity index (χ3n) is 3.34. The molecule has 128 valence electrons. The largest absolute Gasteiger partial charge is 0.421 e. The molecule has 0 aliphatic heterocycles. The molecule has 5 nitrogen and oxygen atoms in total. The highest BCUT2D eigenvalue weighted by Gasteiger charge is 2.14. The number of halogens is 3. The monoisotopic (exact) mass is 379 g/mol. The van der Waals surface area contributed by atoms with E-state index in [0.29, 0.717) is 15.7 Å². The van der Waals surface area contributed by atoms with Gasteiger partial charge in [0.15, 0.2) is 0 Å². The van der Waals surface area contributed by atoms with Crippen LogP contribution in [0.3, 0.4) is 0 Å². The zero-order valence-electron chi connectivity index (χ0n) is 12.8. The lowest BCUT2D eigenvalue weighted by Crippen LogP contribution is -2.12. The summed E-state index contributed by atoms with van der Waals surface area (Å²) < 4.78 is 19.1. The maximum absolute atomic E-state index is 13.7. The smallest absolute Gasteiger partial charge is 0.250 e. The normalized spacial score (nSPS) is 10.7. The molecule has 0 atom stereocenters. The van der Waals surface area contributed by atoms with E-state index in [1.54, 1.807) is 36.4 Å². The zero-order valence-corrected chi connectivity index (χ0v) is 14.3. The molecule has 3 aromatic rings. The predicted octanol–water partition coefficient (Wildman–Crippen LogP) is 4.75. The van der Waals surface area contributed by atoms with Crippen LogP contribution in [0.2, 0.25) is 10.0 Å². The molecule has 0 aliphatic carbocycles. The molecule has 1 heterocycles. The first-order chi connectivity index (χ1) is 12.0. The SMILES string of the molecule is O=C(CCc1nnc(-c2ccccc2F)o1)Nc1cc(Cl)ccc1Cl. The van der Waals surface area contributed by atoms with Gasteiger partial charge in [-0.3, -0.25) is 4.79 Å². The molecule has 0 spiro atoms. The van der Waals surface area contributed by atoms with E-state index in [2.05, 4.69) is 15.5 Å². The van der Waals surface area contributed by atoms with Gasteiger partial charge in [0.25, 0.3) is 5.89 Å². The minimum absolute atomic E-state index is 0.0754. The Balaban J connectivity index is 1.61. The van der Waals surface area contributed by atoms with Crippen molar-refractivity contribution in [3.8, 4) is 11.5 Å². The molecular formula is C17H12Cl2FN3O2. The van der Waals surface area contributed by atoms with Crippen LogP contribution in [0, 0.1) is 5.82 Å². The molecule has 2 aromatic carbocycles. The number of nitrogens with one attached hydrogen (secondary N) is 1. The van der Waals surface area contributed by atoms with E-state index in [9.17, 15) is 9.18 Å². The summed E-state index contributed by atoms with van der Waals surface area (Å²) >= 11 is 11.9. The molecule has 0 aliphatic rings. The fraction of sp³-hybridized carbons (Fsp3) is 0.118. The van der Waals surface area contributed by atoms with Crippen molar-refractivity contribution in [2.24, 2.45) is 0 Å². The first-order valence-electron chi connectivity index (χ1n) is 7.35. The average Bonchev–Trinajstić information content (AvgIpc) is 3.05. The summed E-state index contributed by atoms with van der Waals surface area (Å²) in [6, 6.07) is 10.9. The Morgan fingerprint density at radius 1 is 1.16 bits per heavy atom. The predicted molar refractivity (Wildman–Crippen MR) is 93.1 cm³/mol. The third kappa shape index (κ3) is 4.35. The van der Waals surface area contributed by atoms with E-state index in [1.165, 1.54) is 6.07 Å². The molecule has 3 rings (SSSR count). The van der Waals surface area contributed by atoms with Crippen LogP contribution in [-0.2, 0) is 11.2 Å². The van der Waals surface area contributed by atoms with E-state index in [4.69, 9.17) is 27.6 Å². The summed E-state index contributed by atoms with van der Waals surface area (Å²) in [7, 11) is 0. The number of amides is 1. The fourth-order valence-electron chi connectivity index (χ4n) is 2.12. The van der Waals surface area contributed by atoms with Crippen LogP contribution in [0.5, 0.6) is 0 Å². The quantitative estimate of drug-likeness (QED) is 0.694. The number of nitrogens with zero attached hydrogens (tertiary/aromatic N) is 2. The number of hydrogen-bond donors (Lipinski definition) is 1. The van der Waals surface area contributed by atoms with Gasteiger partial charge in [-0.2, -0.15) is 0 Å². The molecule has 1 aromatic heterocycles. The Bertz CT molecular complexity index is 914. The molecular weight excluding hydrogens is 368 g/mol. The highest BCUT2D eigenvalue weighted by atomic mass is 35.5. The molecule has 1 amide bonds. The van der Waals surface area contributed by atoms with Crippen molar-refractivity contribution in [3.63, 3.8) is 0 Å². The number of carbonyl (C=O) groups is 1. The number of aryl methyl sites for hydroxylation is 1. The van der Waals surface area contributed by atoms with E-state index in [-0.39, 0.29) is 36.1 Å². The Kier molecular flexibility index (Phi) is 5.31. The molecule has 25 heavy (non-hydrogen) atoms.